The summed E-state index contributed by atoms with van der Waals surface area (Å²) in [6, 6.07) is 0. The van der Waals surface area contributed by atoms with E-state index in [1.54, 1.807) is 18.3 Å². The molecule has 1 unspecified atom stereocenters. The molecule has 1 rings (SSSR count). The molecule has 0 radical (unpaired) electrons. The number of aromatic nitrogens is 1. The highest BCUT2D eigenvalue weighted by Gasteiger charge is 2.38. The zero-order chi connectivity index (χ0) is 16.0. The number of rotatable bonds is 6. The normalized spacial score (nSPS) is 12.8. The maximum atomic E-state index is 12.3. The number of hydrogen-bond acceptors (Lipinski definition) is 5. The predicted molar refractivity (Wildman–Crippen MR) is 82.9 cm³/mol. The number of hydrogen-bond donors (Lipinski definition) is 1. The Kier molecular flexibility index (Phi) is 6.33. The summed E-state index contributed by atoms with van der Waals surface area (Å²) < 4.78 is 5.01. The third-order valence-electron chi connectivity index (χ3n) is 3.01. The van der Waals surface area contributed by atoms with Gasteiger partial charge in [0.1, 0.15) is 10.9 Å². The summed E-state index contributed by atoms with van der Waals surface area (Å²) in [6.45, 7) is 9.97. The average molecular weight is 312 g/mol. The summed E-state index contributed by atoms with van der Waals surface area (Å²) >= 11 is 1.57. The Balaban J connectivity index is 2.70. The van der Waals surface area contributed by atoms with Crippen molar-refractivity contribution in [3.8, 4) is 0 Å². The fraction of sp³-hybridized carbons (Fsp3) is 0.667. The summed E-state index contributed by atoms with van der Waals surface area (Å²) in [4.78, 5) is 29.7. The molecular formula is C15H24N2O3S. The first-order valence-corrected chi connectivity index (χ1v) is 7.99. The van der Waals surface area contributed by atoms with Crippen molar-refractivity contribution < 1.29 is 14.3 Å². The van der Waals surface area contributed by atoms with Gasteiger partial charge in [-0.15, -0.1) is 11.3 Å². The molecule has 0 aliphatic rings. The minimum absolute atomic E-state index is 0.269. The molecule has 0 aromatic carbocycles. The molecule has 118 valence electrons. The van der Waals surface area contributed by atoms with E-state index in [9.17, 15) is 9.59 Å². The minimum atomic E-state index is -0.817. The second-order valence-corrected chi connectivity index (χ2v) is 7.04. The van der Waals surface area contributed by atoms with Crippen LogP contribution in [0.5, 0.6) is 0 Å². The Morgan fingerprint density at radius 2 is 2.05 bits per heavy atom. The summed E-state index contributed by atoms with van der Waals surface area (Å²) in [5.74, 6) is -1.60. The lowest BCUT2D eigenvalue weighted by molar-refractivity contribution is -0.156. The molecule has 1 atom stereocenters. The van der Waals surface area contributed by atoms with Crippen molar-refractivity contribution in [3.63, 3.8) is 0 Å². The Labute approximate surface area is 130 Å². The first-order valence-electron chi connectivity index (χ1n) is 7.17. The highest BCUT2D eigenvalue weighted by atomic mass is 32.1. The van der Waals surface area contributed by atoms with Gasteiger partial charge in [-0.3, -0.25) is 9.59 Å². The van der Waals surface area contributed by atoms with Gasteiger partial charge in [0, 0.05) is 11.1 Å². The molecule has 6 heteroatoms. The third kappa shape index (κ3) is 5.12. The van der Waals surface area contributed by atoms with E-state index < -0.39 is 17.3 Å². The first kappa shape index (κ1) is 17.6. The largest absolute Gasteiger partial charge is 0.465 e. The van der Waals surface area contributed by atoms with Crippen LogP contribution in [0.25, 0.3) is 0 Å². The number of ether oxygens (including phenoxy) is 1. The van der Waals surface area contributed by atoms with E-state index in [1.165, 1.54) is 4.88 Å². The van der Waals surface area contributed by atoms with Gasteiger partial charge in [-0.1, -0.05) is 27.7 Å². The molecule has 1 aromatic heterocycles. The molecular weight excluding hydrogens is 288 g/mol. The fourth-order valence-corrected chi connectivity index (χ4v) is 2.74. The molecule has 0 bridgehead atoms. The van der Waals surface area contributed by atoms with E-state index in [0.717, 1.165) is 11.4 Å². The number of nitrogens with zero attached hydrogens (tertiary/aromatic N) is 1. The smallest absolute Gasteiger partial charge is 0.319 e. The molecule has 0 spiro atoms. The van der Waals surface area contributed by atoms with Gasteiger partial charge in [0.15, 0.2) is 0 Å². The van der Waals surface area contributed by atoms with Crippen molar-refractivity contribution in [1.29, 1.82) is 0 Å². The summed E-state index contributed by atoms with van der Waals surface area (Å²) in [7, 11) is 0. The van der Waals surface area contributed by atoms with Crippen molar-refractivity contribution in [2.75, 3.05) is 6.61 Å². The van der Waals surface area contributed by atoms with Crippen molar-refractivity contribution >= 4 is 23.2 Å². The molecule has 0 aliphatic heterocycles. The number of amides is 1. The fourth-order valence-electron chi connectivity index (χ4n) is 1.94. The van der Waals surface area contributed by atoms with E-state index in [1.807, 2.05) is 27.0 Å². The topological polar surface area (TPSA) is 68.3 Å². The number of carbonyl (C=O) groups is 2. The quantitative estimate of drug-likeness (QED) is 0.647. The zero-order valence-electron chi connectivity index (χ0n) is 13.4. The van der Waals surface area contributed by atoms with Crippen LogP contribution < -0.4 is 5.32 Å². The van der Waals surface area contributed by atoms with Crippen LogP contribution in [0.1, 0.15) is 44.5 Å². The van der Waals surface area contributed by atoms with E-state index >= 15 is 0 Å². The Hall–Kier alpha value is -1.43. The van der Waals surface area contributed by atoms with Crippen molar-refractivity contribution in [2.45, 2.75) is 47.6 Å². The van der Waals surface area contributed by atoms with Crippen molar-refractivity contribution in [3.05, 3.63) is 16.1 Å². The highest BCUT2D eigenvalue weighted by molar-refractivity contribution is 7.11. The second-order valence-electron chi connectivity index (χ2n) is 5.84. The molecule has 0 aliphatic carbocycles. The monoisotopic (exact) mass is 312 g/mol. The second kappa shape index (κ2) is 7.54. The molecule has 1 N–H and O–H groups in total. The van der Waals surface area contributed by atoms with E-state index in [2.05, 4.69) is 17.2 Å². The molecule has 1 heterocycles. The lowest BCUT2D eigenvalue weighted by Crippen LogP contribution is -2.43. The van der Waals surface area contributed by atoms with Crippen molar-refractivity contribution in [1.82, 2.24) is 10.3 Å². The molecule has 21 heavy (non-hydrogen) atoms. The van der Waals surface area contributed by atoms with Gasteiger partial charge in [-0.2, -0.15) is 0 Å². The number of carbonyl (C=O) groups excluding carboxylic acids is 2. The third-order valence-corrected chi connectivity index (χ3v) is 4.16. The lowest BCUT2D eigenvalue weighted by Gasteiger charge is -2.27. The van der Waals surface area contributed by atoms with Crippen molar-refractivity contribution in [2.24, 2.45) is 11.3 Å². The number of aryl methyl sites for hydroxylation is 1. The van der Waals surface area contributed by atoms with E-state index in [-0.39, 0.29) is 12.5 Å². The van der Waals surface area contributed by atoms with Gasteiger partial charge in [-0.25, -0.2) is 4.98 Å². The van der Waals surface area contributed by atoms with Crippen LogP contribution in [0.3, 0.4) is 0 Å². The minimum Gasteiger partial charge on any atom is -0.465 e. The van der Waals surface area contributed by atoms with Gasteiger partial charge in [0.2, 0.25) is 5.91 Å². The maximum absolute atomic E-state index is 12.3. The van der Waals surface area contributed by atoms with E-state index in [0.29, 0.717) is 6.54 Å². The maximum Gasteiger partial charge on any atom is 0.319 e. The standard InChI is InChI=1S/C15H24N2O3S/c1-6-10-8-16-11(21-10)9-17-13(18)12(15(3,4)5)14(19)20-7-2/h8,12H,6-7,9H2,1-5H3,(H,17,18). The van der Waals surface area contributed by atoms with Crippen LogP contribution in [-0.4, -0.2) is 23.5 Å². The Bertz CT molecular complexity index is 491. The summed E-state index contributed by atoms with van der Waals surface area (Å²) in [5, 5.41) is 3.63. The average Bonchev–Trinajstić information content (AvgIpc) is 2.83. The predicted octanol–water partition coefficient (Wildman–Crippen LogP) is 2.55. The molecule has 1 amide bonds. The van der Waals surface area contributed by atoms with Gasteiger partial charge in [0.25, 0.3) is 0 Å². The summed E-state index contributed by atoms with van der Waals surface area (Å²) in [6.07, 6.45) is 2.75. The van der Waals surface area contributed by atoms with Gasteiger partial charge >= 0.3 is 5.97 Å². The Morgan fingerprint density at radius 3 is 2.52 bits per heavy atom. The van der Waals surface area contributed by atoms with E-state index in [4.69, 9.17) is 4.74 Å². The number of nitrogens with one attached hydrogen (secondary N) is 1. The molecule has 5 nitrogen and oxygen atoms in total. The van der Waals surface area contributed by atoms with Crippen LogP contribution in [0.4, 0.5) is 0 Å². The van der Waals surface area contributed by atoms with Crippen LogP contribution in [0.2, 0.25) is 0 Å². The molecule has 0 saturated carbocycles. The van der Waals surface area contributed by atoms with Crippen LogP contribution in [-0.2, 0) is 27.3 Å². The number of thiazole rings is 1. The van der Waals surface area contributed by atoms with Gasteiger partial charge in [0.05, 0.1) is 13.2 Å². The molecule has 0 saturated heterocycles. The van der Waals surface area contributed by atoms with Crippen LogP contribution >= 0.6 is 11.3 Å². The zero-order valence-corrected chi connectivity index (χ0v) is 14.2. The Morgan fingerprint density at radius 1 is 1.38 bits per heavy atom. The molecule has 1 aromatic rings. The summed E-state index contributed by atoms with van der Waals surface area (Å²) in [5.41, 5.74) is -0.492. The first-order chi connectivity index (χ1) is 9.79. The SMILES string of the molecule is CCOC(=O)C(C(=O)NCc1ncc(CC)s1)C(C)(C)C. The van der Waals surface area contributed by atoms with Gasteiger partial charge < -0.3 is 10.1 Å². The van der Waals surface area contributed by atoms with Crippen LogP contribution in [0.15, 0.2) is 6.20 Å². The highest BCUT2D eigenvalue weighted by Crippen LogP contribution is 2.27. The van der Waals surface area contributed by atoms with Gasteiger partial charge in [-0.05, 0) is 18.8 Å². The molecule has 0 fully saturated rings. The van der Waals surface area contributed by atoms with Crippen LogP contribution in [0, 0.1) is 11.3 Å². The lowest BCUT2D eigenvalue weighted by atomic mass is 9.80. The number of esters is 1.